The van der Waals surface area contributed by atoms with E-state index in [1.807, 2.05) is 50.4 Å². The van der Waals surface area contributed by atoms with Gasteiger partial charge in [0.05, 0.1) is 0 Å². The number of likely N-dealkylation sites (N-methyl/N-ethyl adjacent to an activating group) is 1. The van der Waals surface area contributed by atoms with Crippen LogP contribution in [0.4, 0.5) is 4.79 Å². The minimum Gasteiger partial charge on any atom is -0.444 e. The van der Waals surface area contributed by atoms with E-state index >= 15 is 0 Å². The number of carbonyl (C=O) groups excluding carboxylic acids is 3. The van der Waals surface area contributed by atoms with Gasteiger partial charge in [-0.2, -0.15) is 11.8 Å². The van der Waals surface area contributed by atoms with Gasteiger partial charge in [0.2, 0.25) is 11.8 Å². The molecule has 0 radical (unpaired) electrons. The van der Waals surface area contributed by atoms with Crippen LogP contribution in [0.1, 0.15) is 72.4 Å². The highest BCUT2D eigenvalue weighted by atomic mass is 32.2. The molecule has 0 aliphatic carbocycles. The molecule has 0 bridgehead atoms. The summed E-state index contributed by atoms with van der Waals surface area (Å²) in [6.07, 6.45) is 3.54. The van der Waals surface area contributed by atoms with Gasteiger partial charge in [0.25, 0.3) is 0 Å². The zero-order valence-corrected chi connectivity index (χ0v) is 22.0. The van der Waals surface area contributed by atoms with Gasteiger partial charge in [0.15, 0.2) is 0 Å². The van der Waals surface area contributed by atoms with E-state index in [9.17, 15) is 14.4 Å². The third kappa shape index (κ3) is 10.1. The van der Waals surface area contributed by atoms with Crippen molar-refractivity contribution in [1.29, 1.82) is 0 Å². The van der Waals surface area contributed by atoms with Crippen molar-refractivity contribution in [2.75, 3.05) is 18.6 Å². The Balaban J connectivity index is 3.24. The van der Waals surface area contributed by atoms with Gasteiger partial charge in [0.1, 0.15) is 17.7 Å². The van der Waals surface area contributed by atoms with Crippen molar-refractivity contribution in [3.8, 4) is 0 Å². The molecule has 3 amide bonds. The zero-order chi connectivity index (χ0) is 25.0. The monoisotopic (exact) mass is 479 g/mol. The largest absolute Gasteiger partial charge is 0.444 e. The van der Waals surface area contributed by atoms with Crippen molar-refractivity contribution in [1.82, 2.24) is 15.5 Å². The maximum Gasteiger partial charge on any atom is 0.408 e. The number of benzene rings is 1. The van der Waals surface area contributed by atoms with Crippen molar-refractivity contribution in [3.63, 3.8) is 0 Å². The Labute approximate surface area is 203 Å². The third-order valence-corrected chi connectivity index (χ3v) is 5.65. The molecule has 2 N–H and O–H groups in total. The molecule has 0 spiro atoms. The first-order valence-electron chi connectivity index (χ1n) is 11.7. The summed E-state index contributed by atoms with van der Waals surface area (Å²) in [5.74, 6) is 0.155. The lowest BCUT2D eigenvalue weighted by Gasteiger charge is -2.34. The SMILES string of the molecule is CCCC(C)NC(=O)C(c1ccccc1)N(CC)C(=O)C(CCSC)NC(=O)OC(C)(C)C. The van der Waals surface area contributed by atoms with E-state index in [1.54, 1.807) is 37.4 Å². The second-order valence-corrected chi connectivity index (χ2v) is 10.1. The molecule has 0 saturated carbocycles. The van der Waals surface area contributed by atoms with Crippen molar-refractivity contribution >= 4 is 29.7 Å². The van der Waals surface area contributed by atoms with Crippen LogP contribution < -0.4 is 10.6 Å². The average molecular weight is 480 g/mol. The fraction of sp³-hybridized carbons (Fsp3) is 0.640. The first-order chi connectivity index (χ1) is 15.5. The first kappa shape index (κ1) is 28.8. The molecule has 0 aliphatic heterocycles. The second kappa shape index (κ2) is 14.1. The summed E-state index contributed by atoms with van der Waals surface area (Å²) in [6.45, 7) is 11.5. The quantitative estimate of drug-likeness (QED) is 0.460. The number of thioether (sulfide) groups is 1. The Morgan fingerprint density at radius 2 is 1.70 bits per heavy atom. The number of hydrogen-bond donors (Lipinski definition) is 2. The number of carbonyl (C=O) groups is 3. The van der Waals surface area contributed by atoms with Crippen LogP contribution in [0.25, 0.3) is 0 Å². The van der Waals surface area contributed by atoms with Crippen LogP contribution in [0.5, 0.6) is 0 Å². The average Bonchev–Trinajstić information content (AvgIpc) is 2.73. The summed E-state index contributed by atoms with van der Waals surface area (Å²) in [5, 5.41) is 5.79. The molecular formula is C25H41N3O4S. The van der Waals surface area contributed by atoms with Crippen LogP contribution >= 0.6 is 11.8 Å². The fourth-order valence-corrected chi connectivity index (χ4v) is 4.02. The van der Waals surface area contributed by atoms with Gasteiger partial charge in [-0.1, -0.05) is 43.7 Å². The number of alkyl carbamates (subject to hydrolysis) is 1. The maximum atomic E-state index is 13.7. The minimum absolute atomic E-state index is 0.00491. The molecule has 8 heteroatoms. The van der Waals surface area contributed by atoms with Crippen LogP contribution in [0, 0.1) is 0 Å². The van der Waals surface area contributed by atoms with E-state index in [-0.39, 0.29) is 17.9 Å². The molecule has 33 heavy (non-hydrogen) atoms. The van der Waals surface area contributed by atoms with Gasteiger partial charge in [-0.15, -0.1) is 0 Å². The van der Waals surface area contributed by atoms with Crippen molar-refractivity contribution < 1.29 is 19.1 Å². The van der Waals surface area contributed by atoms with E-state index in [2.05, 4.69) is 17.6 Å². The highest BCUT2D eigenvalue weighted by Crippen LogP contribution is 2.23. The smallest absolute Gasteiger partial charge is 0.408 e. The number of nitrogens with zero attached hydrogens (tertiary/aromatic N) is 1. The minimum atomic E-state index is -0.792. The van der Waals surface area contributed by atoms with Crippen LogP contribution in [0.2, 0.25) is 0 Å². The van der Waals surface area contributed by atoms with E-state index in [1.165, 1.54) is 0 Å². The summed E-state index contributed by atoms with van der Waals surface area (Å²) in [5.41, 5.74) is 0.0542. The van der Waals surface area contributed by atoms with Crippen LogP contribution in [0.15, 0.2) is 30.3 Å². The molecular weight excluding hydrogens is 438 g/mol. The van der Waals surface area contributed by atoms with Crippen molar-refractivity contribution in [2.45, 2.75) is 84.5 Å². The summed E-state index contributed by atoms with van der Waals surface area (Å²) in [4.78, 5) is 41.0. The number of amides is 3. The number of nitrogens with one attached hydrogen (secondary N) is 2. The molecule has 0 saturated heterocycles. The van der Waals surface area contributed by atoms with Crippen molar-refractivity contribution in [3.05, 3.63) is 35.9 Å². The highest BCUT2D eigenvalue weighted by molar-refractivity contribution is 7.98. The van der Waals surface area contributed by atoms with Crippen LogP contribution in [-0.2, 0) is 14.3 Å². The predicted octanol–water partition coefficient (Wildman–Crippen LogP) is 4.53. The van der Waals surface area contributed by atoms with Gasteiger partial charge in [-0.25, -0.2) is 4.79 Å². The maximum absolute atomic E-state index is 13.7. The highest BCUT2D eigenvalue weighted by Gasteiger charge is 2.35. The lowest BCUT2D eigenvalue weighted by molar-refractivity contribution is -0.142. The van der Waals surface area contributed by atoms with Gasteiger partial charge in [0, 0.05) is 12.6 Å². The molecule has 7 nitrogen and oxygen atoms in total. The molecule has 3 atom stereocenters. The first-order valence-corrected chi connectivity index (χ1v) is 13.1. The van der Waals surface area contributed by atoms with E-state index < -0.39 is 23.8 Å². The number of hydrogen-bond acceptors (Lipinski definition) is 5. The van der Waals surface area contributed by atoms with Gasteiger partial charge < -0.3 is 20.3 Å². The van der Waals surface area contributed by atoms with Gasteiger partial charge in [-0.05, 0) is 65.0 Å². The van der Waals surface area contributed by atoms with Gasteiger partial charge >= 0.3 is 6.09 Å². The molecule has 3 unspecified atom stereocenters. The topological polar surface area (TPSA) is 87.7 Å². The summed E-state index contributed by atoms with van der Waals surface area (Å²) < 4.78 is 5.38. The Morgan fingerprint density at radius 1 is 1.06 bits per heavy atom. The van der Waals surface area contributed by atoms with E-state index in [0.29, 0.717) is 18.7 Å². The van der Waals surface area contributed by atoms with Crippen LogP contribution in [-0.4, -0.2) is 59.0 Å². The lowest BCUT2D eigenvalue weighted by atomic mass is 10.0. The fourth-order valence-electron chi connectivity index (χ4n) is 3.54. The summed E-state index contributed by atoms with van der Waals surface area (Å²) >= 11 is 1.59. The molecule has 1 rings (SSSR count). The Morgan fingerprint density at radius 3 is 2.21 bits per heavy atom. The number of ether oxygens (including phenoxy) is 1. The third-order valence-electron chi connectivity index (χ3n) is 5.01. The lowest BCUT2D eigenvalue weighted by Crippen LogP contribution is -2.53. The molecule has 1 aromatic rings. The number of rotatable bonds is 12. The van der Waals surface area contributed by atoms with E-state index in [0.717, 1.165) is 18.4 Å². The summed E-state index contributed by atoms with van der Waals surface area (Å²) in [6, 6.07) is 7.70. The summed E-state index contributed by atoms with van der Waals surface area (Å²) in [7, 11) is 0. The standard InChI is InChI=1S/C25H41N3O4S/c1-8-13-18(3)26-22(29)21(19-14-11-10-12-15-19)28(9-2)23(30)20(16-17-33-7)27-24(31)32-25(4,5)6/h10-12,14-15,18,20-21H,8-9,13,16-17H2,1-7H3,(H,26,29)(H,27,31). The Bertz CT molecular complexity index is 752. The molecule has 186 valence electrons. The Kier molecular flexibility index (Phi) is 12.3. The molecule has 1 aromatic carbocycles. The zero-order valence-electron chi connectivity index (χ0n) is 21.1. The van der Waals surface area contributed by atoms with E-state index in [4.69, 9.17) is 4.74 Å². The molecule has 0 aliphatic rings. The normalized spacial score (nSPS) is 14.0. The molecule has 0 fully saturated rings. The van der Waals surface area contributed by atoms with Gasteiger partial charge in [-0.3, -0.25) is 9.59 Å². The molecule has 0 heterocycles. The predicted molar refractivity (Wildman–Crippen MR) is 135 cm³/mol. The van der Waals surface area contributed by atoms with Crippen molar-refractivity contribution in [2.24, 2.45) is 0 Å². The second-order valence-electron chi connectivity index (χ2n) is 9.12. The van der Waals surface area contributed by atoms with Crippen LogP contribution in [0.3, 0.4) is 0 Å². The Hall–Kier alpha value is -2.22. The molecule has 0 aromatic heterocycles.